The van der Waals surface area contributed by atoms with Crippen LogP contribution < -0.4 is 4.74 Å². The van der Waals surface area contributed by atoms with Crippen LogP contribution in [0.5, 0.6) is 5.75 Å². The van der Waals surface area contributed by atoms with Crippen molar-refractivity contribution < 1.29 is 27.1 Å². The minimum Gasteiger partial charge on any atom is -0.487 e. The number of alkyl halides is 3. The summed E-state index contributed by atoms with van der Waals surface area (Å²) in [6, 6.07) is 5.94. The van der Waals surface area contributed by atoms with Gasteiger partial charge in [-0.1, -0.05) is 11.6 Å². The van der Waals surface area contributed by atoms with Crippen LogP contribution >= 0.6 is 23.2 Å². The van der Waals surface area contributed by atoms with Crippen molar-refractivity contribution in [3.63, 3.8) is 0 Å². The highest BCUT2D eigenvalue weighted by molar-refractivity contribution is 6.67. The van der Waals surface area contributed by atoms with Gasteiger partial charge in [0, 0.05) is 11.1 Å². The predicted molar refractivity (Wildman–Crippen MR) is 77.4 cm³/mol. The number of hydrogen-bond acceptors (Lipinski definition) is 2. The first-order valence-corrected chi connectivity index (χ1v) is 6.92. The SMILES string of the molecule is O=C(Cl)c1ccc(Cl)c(OCc2cc(F)ccc2C(F)(F)F)c1. The maximum atomic E-state index is 13.2. The molecule has 0 N–H and O–H groups in total. The lowest BCUT2D eigenvalue weighted by molar-refractivity contribution is -0.138. The summed E-state index contributed by atoms with van der Waals surface area (Å²) in [5, 5.41) is -0.690. The summed E-state index contributed by atoms with van der Waals surface area (Å²) in [6.45, 7) is -0.577. The van der Waals surface area contributed by atoms with E-state index in [-0.39, 0.29) is 16.3 Å². The number of ether oxygens (including phenoxy) is 1. The smallest absolute Gasteiger partial charge is 0.416 e. The Hall–Kier alpha value is -1.79. The Bertz CT molecular complexity index is 745. The van der Waals surface area contributed by atoms with Gasteiger partial charge in [0.1, 0.15) is 18.2 Å². The zero-order valence-electron chi connectivity index (χ0n) is 11.3. The van der Waals surface area contributed by atoms with Crippen molar-refractivity contribution in [1.29, 1.82) is 0 Å². The van der Waals surface area contributed by atoms with Crippen LogP contribution in [0.3, 0.4) is 0 Å². The number of benzene rings is 2. The fraction of sp³-hybridized carbons (Fsp3) is 0.133. The summed E-state index contributed by atoms with van der Waals surface area (Å²) in [6.07, 6.45) is -4.65. The minimum atomic E-state index is -4.65. The molecule has 2 aromatic rings. The summed E-state index contributed by atoms with van der Waals surface area (Å²) in [5.74, 6) is -0.858. The van der Waals surface area contributed by atoms with Crippen LogP contribution in [0.25, 0.3) is 0 Å². The average molecular weight is 367 g/mol. The third kappa shape index (κ3) is 4.36. The zero-order chi connectivity index (χ0) is 17.2. The summed E-state index contributed by atoms with van der Waals surface area (Å²) < 4.78 is 57.1. The van der Waals surface area contributed by atoms with Crippen molar-refractivity contribution in [2.45, 2.75) is 12.8 Å². The Kier molecular flexibility index (Phi) is 5.16. The van der Waals surface area contributed by atoms with E-state index in [1.807, 2.05) is 0 Å². The molecule has 0 aliphatic heterocycles. The Morgan fingerprint density at radius 1 is 1.13 bits per heavy atom. The van der Waals surface area contributed by atoms with Crippen molar-refractivity contribution in [3.8, 4) is 5.75 Å². The Morgan fingerprint density at radius 3 is 2.43 bits per heavy atom. The van der Waals surface area contributed by atoms with Crippen LogP contribution in [-0.2, 0) is 12.8 Å². The Morgan fingerprint density at radius 2 is 1.83 bits per heavy atom. The van der Waals surface area contributed by atoms with E-state index >= 15 is 0 Å². The maximum absolute atomic E-state index is 13.2. The molecule has 0 aliphatic carbocycles. The molecule has 0 bridgehead atoms. The minimum absolute atomic E-state index is 0.0319. The molecule has 0 saturated carbocycles. The highest BCUT2D eigenvalue weighted by Gasteiger charge is 2.33. The van der Waals surface area contributed by atoms with Gasteiger partial charge in [0.15, 0.2) is 0 Å². The fourth-order valence-corrected chi connectivity index (χ4v) is 2.14. The quantitative estimate of drug-likeness (QED) is 0.530. The molecular weight excluding hydrogens is 359 g/mol. The first-order valence-electron chi connectivity index (χ1n) is 6.16. The lowest BCUT2D eigenvalue weighted by atomic mass is 10.1. The lowest BCUT2D eigenvalue weighted by Crippen LogP contribution is -2.11. The third-order valence-corrected chi connectivity index (χ3v) is 3.44. The van der Waals surface area contributed by atoms with Gasteiger partial charge in [-0.15, -0.1) is 0 Å². The second-order valence-corrected chi connectivity index (χ2v) is 5.26. The second kappa shape index (κ2) is 6.76. The molecule has 0 aliphatic rings. The van der Waals surface area contributed by atoms with Crippen LogP contribution in [0.15, 0.2) is 36.4 Å². The van der Waals surface area contributed by atoms with Gasteiger partial charge in [0.25, 0.3) is 5.24 Å². The van der Waals surface area contributed by atoms with Crippen LogP contribution in [0, 0.1) is 5.82 Å². The third-order valence-electron chi connectivity index (χ3n) is 2.91. The normalized spacial score (nSPS) is 11.4. The molecule has 0 atom stereocenters. The Labute approximate surface area is 138 Å². The molecule has 122 valence electrons. The van der Waals surface area contributed by atoms with Gasteiger partial charge in [-0.2, -0.15) is 13.2 Å². The summed E-state index contributed by atoms with van der Waals surface area (Å²) in [4.78, 5) is 11.1. The molecule has 0 radical (unpaired) electrons. The zero-order valence-corrected chi connectivity index (χ0v) is 12.8. The van der Waals surface area contributed by atoms with Crippen LogP contribution in [0.1, 0.15) is 21.5 Å². The van der Waals surface area contributed by atoms with Crippen LogP contribution in [0.4, 0.5) is 17.6 Å². The molecule has 0 unspecified atom stereocenters. The van der Waals surface area contributed by atoms with E-state index in [4.69, 9.17) is 27.9 Å². The molecule has 2 nitrogen and oxygen atoms in total. The van der Waals surface area contributed by atoms with Crippen molar-refractivity contribution >= 4 is 28.4 Å². The van der Waals surface area contributed by atoms with Crippen LogP contribution in [0.2, 0.25) is 5.02 Å². The molecule has 23 heavy (non-hydrogen) atoms. The summed E-state index contributed by atoms with van der Waals surface area (Å²) in [7, 11) is 0. The highest BCUT2D eigenvalue weighted by Crippen LogP contribution is 2.34. The molecule has 8 heteroatoms. The van der Waals surface area contributed by atoms with Crippen LogP contribution in [-0.4, -0.2) is 5.24 Å². The standard InChI is InChI=1S/C15H8Cl2F4O2/c16-12-4-1-8(14(17)22)6-13(12)23-7-9-5-10(18)2-3-11(9)15(19,20)21/h1-6H,7H2. The monoisotopic (exact) mass is 366 g/mol. The highest BCUT2D eigenvalue weighted by atomic mass is 35.5. The van der Waals surface area contributed by atoms with Gasteiger partial charge in [-0.25, -0.2) is 4.39 Å². The number of carbonyl (C=O) groups excluding carboxylic acids is 1. The van der Waals surface area contributed by atoms with Gasteiger partial charge in [-0.3, -0.25) is 4.79 Å². The van der Waals surface area contributed by atoms with Crippen molar-refractivity contribution in [1.82, 2.24) is 0 Å². The molecular formula is C15H8Cl2F4O2. The fourth-order valence-electron chi connectivity index (χ4n) is 1.85. The van der Waals surface area contributed by atoms with Gasteiger partial charge < -0.3 is 4.74 Å². The van der Waals surface area contributed by atoms with E-state index in [9.17, 15) is 22.4 Å². The number of rotatable bonds is 4. The van der Waals surface area contributed by atoms with E-state index in [1.54, 1.807) is 0 Å². The molecule has 0 saturated heterocycles. The predicted octanol–water partition coefficient (Wildman–Crippen LogP) is 5.46. The maximum Gasteiger partial charge on any atom is 0.416 e. The van der Waals surface area contributed by atoms with E-state index in [0.717, 1.165) is 6.07 Å². The summed E-state index contributed by atoms with van der Waals surface area (Å²) in [5.41, 5.74) is -1.34. The molecule has 0 heterocycles. The number of halogens is 6. The van der Waals surface area contributed by atoms with Crippen molar-refractivity contribution in [3.05, 3.63) is 63.9 Å². The first-order chi connectivity index (χ1) is 10.7. The lowest BCUT2D eigenvalue weighted by Gasteiger charge is -2.14. The van der Waals surface area contributed by atoms with E-state index in [2.05, 4.69) is 0 Å². The molecule has 0 spiro atoms. The van der Waals surface area contributed by atoms with Gasteiger partial charge in [0.2, 0.25) is 0 Å². The van der Waals surface area contributed by atoms with Crippen molar-refractivity contribution in [2.24, 2.45) is 0 Å². The van der Waals surface area contributed by atoms with E-state index in [1.165, 1.54) is 18.2 Å². The van der Waals surface area contributed by atoms with Gasteiger partial charge in [0.05, 0.1) is 10.6 Å². The topological polar surface area (TPSA) is 26.3 Å². The average Bonchev–Trinajstić information content (AvgIpc) is 2.44. The molecule has 2 rings (SSSR count). The first kappa shape index (κ1) is 17.6. The molecule has 0 fully saturated rings. The van der Waals surface area contributed by atoms with E-state index in [0.29, 0.717) is 12.1 Å². The number of hydrogen-bond donors (Lipinski definition) is 0. The second-order valence-electron chi connectivity index (χ2n) is 4.51. The van der Waals surface area contributed by atoms with E-state index < -0.39 is 35.0 Å². The molecule has 0 amide bonds. The Balaban J connectivity index is 2.30. The number of carbonyl (C=O) groups is 1. The molecule has 2 aromatic carbocycles. The van der Waals surface area contributed by atoms with Gasteiger partial charge in [-0.05, 0) is 48.0 Å². The molecule has 0 aromatic heterocycles. The van der Waals surface area contributed by atoms with Gasteiger partial charge >= 0.3 is 6.18 Å². The summed E-state index contributed by atoms with van der Waals surface area (Å²) >= 11 is 11.2. The van der Waals surface area contributed by atoms with Crippen molar-refractivity contribution in [2.75, 3.05) is 0 Å². The largest absolute Gasteiger partial charge is 0.487 e.